The molecule has 1 aromatic carbocycles. The predicted octanol–water partition coefficient (Wildman–Crippen LogP) is 2.45. The van der Waals surface area contributed by atoms with Crippen molar-refractivity contribution in [1.82, 2.24) is 14.5 Å². The number of hydrogen-bond acceptors (Lipinski definition) is 4. The van der Waals surface area contributed by atoms with E-state index in [1.165, 1.54) is 0 Å². The van der Waals surface area contributed by atoms with Gasteiger partial charge in [0.15, 0.2) is 0 Å². The van der Waals surface area contributed by atoms with Crippen molar-refractivity contribution in [3.63, 3.8) is 0 Å². The average molecular weight is 410 g/mol. The van der Waals surface area contributed by atoms with Crippen LogP contribution in [-0.4, -0.2) is 61.8 Å². The Morgan fingerprint density at radius 3 is 1.71 bits per heavy atom. The van der Waals surface area contributed by atoms with Crippen molar-refractivity contribution in [1.29, 1.82) is 0 Å². The van der Waals surface area contributed by atoms with Crippen molar-refractivity contribution < 1.29 is 13.2 Å². The van der Waals surface area contributed by atoms with Gasteiger partial charge in [-0.1, -0.05) is 0 Å². The molecule has 1 aliphatic rings. The molecular formula is C21H35N3O3S. The highest BCUT2D eigenvalue weighted by Crippen LogP contribution is 2.31. The first-order valence-corrected chi connectivity index (χ1v) is 11.3. The molecule has 1 N–H and O–H groups in total. The van der Waals surface area contributed by atoms with Crippen LogP contribution in [0.5, 0.6) is 0 Å². The molecule has 0 bridgehead atoms. The number of sulfonamides is 1. The first kappa shape index (κ1) is 22.8. The lowest BCUT2D eigenvalue weighted by Crippen LogP contribution is -2.52. The van der Waals surface area contributed by atoms with Gasteiger partial charge in [0.05, 0.1) is 11.4 Å². The maximum atomic E-state index is 13.4. The molecule has 0 atom stereocenters. The van der Waals surface area contributed by atoms with Gasteiger partial charge < -0.3 is 5.32 Å². The number of benzene rings is 1. The maximum absolute atomic E-state index is 13.4. The summed E-state index contributed by atoms with van der Waals surface area (Å²) >= 11 is 0. The first-order chi connectivity index (χ1) is 12.8. The molecule has 0 spiro atoms. The predicted molar refractivity (Wildman–Crippen MR) is 113 cm³/mol. The van der Waals surface area contributed by atoms with Crippen molar-refractivity contribution in [3.05, 3.63) is 27.8 Å². The maximum Gasteiger partial charge on any atom is 0.243 e. The Labute approximate surface area is 170 Å². The zero-order chi connectivity index (χ0) is 21.4. The summed E-state index contributed by atoms with van der Waals surface area (Å²) in [5, 5.41) is 2.95. The third-order valence-electron chi connectivity index (χ3n) is 5.74. The van der Waals surface area contributed by atoms with Crippen molar-refractivity contribution in [2.45, 2.75) is 65.8 Å². The monoisotopic (exact) mass is 409 g/mol. The molecule has 2 rings (SSSR count). The second-order valence-electron chi connectivity index (χ2n) is 8.93. The van der Waals surface area contributed by atoms with Gasteiger partial charge in [0.2, 0.25) is 15.9 Å². The molecule has 158 valence electrons. The zero-order valence-electron chi connectivity index (χ0n) is 18.6. The Bertz CT molecular complexity index is 833. The van der Waals surface area contributed by atoms with Crippen LogP contribution in [0.25, 0.3) is 0 Å². The van der Waals surface area contributed by atoms with Crippen LogP contribution in [0, 0.1) is 34.6 Å². The SMILES string of the molecule is Cc1c(C)c(C)c(S(=O)(=O)N2CCN(CC(=O)NC(C)(C)C)CC2)c(C)c1C. The summed E-state index contributed by atoms with van der Waals surface area (Å²) in [5.74, 6) is -0.0275. The van der Waals surface area contributed by atoms with Crippen LogP contribution in [0.3, 0.4) is 0 Å². The molecule has 1 fully saturated rings. The molecule has 1 saturated heterocycles. The van der Waals surface area contributed by atoms with E-state index in [1.54, 1.807) is 4.31 Å². The summed E-state index contributed by atoms with van der Waals surface area (Å²) in [4.78, 5) is 14.6. The van der Waals surface area contributed by atoms with Gasteiger partial charge in [-0.3, -0.25) is 9.69 Å². The van der Waals surface area contributed by atoms with Gasteiger partial charge in [0.25, 0.3) is 0 Å². The quantitative estimate of drug-likeness (QED) is 0.829. The lowest BCUT2D eigenvalue weighted by Gasteiger charge is -2.35. The first-order valence-electron chi connectivity index (χ1n) is 9.86. The minimum absolute atomic E-state index is 0.0275. The second-order valence-corrected chi connectivity index (χ2v) is 10.8. The van der Waals surface area contributed by atoms with Crippen molar-refractivity contribution in [2.75, 3.05) is 32.7 Å². The number of nitrogens with zero attached hydrogens (tertiary/aromatic N) is 2. The molecule has 0 aromatic heterocycles. The summed E-state index contributed by atoms with van der Waals surface area (Å²) in [7, 11) is -3.56. The third kappa shape index (κ3) is 4.75. The van der Waals surface area contributed by atoms with Crippen LogP contribution < -0.4 is 5.32 Å². The number of carbonyl (C=O) groups excluding carboxylic acids is 1. The number of amides is 1. The van der Waals surface area contributed by atoms with E-state index in [9.17, 15) is 13.2 Å². The molecule has 28 heavy (non-hydrogen) atoms. The molecule has 0 unspecified atom stereocenters. The van der Waals surface area contributed by atoms with Crippen molar-refractivity contribution >= 4 is 15.9 Å². The van der Waals surface area contributed by atoms with Crippen LogP contribution in [-0.2, 0) is 14.8 Å². The van der Waals surface area contributed by atoms with E-state index in [-0.39, 0.29) is 11.4 Å². The highest BCUT2D eigenvalue weighted by Gasteiger charge is 2.32. The van der Waals surface area contributed by atoms with Crippen molar-refractivity contribution in [3.8, 4) is 0 Å². The highest BCUT2D eigenvalue weighted by atomic mass is 32.2. The fourth-order valence-electron chi connectivity index (χ4n) is 3.77. The molecule has 1 heterocycles. The molecule has 1 aliphatic heterocycles. The molecule has 7 heteroatoms. The van der Waals surface area contributed by atoms with E-state index in [1.807, 2.05) is 60.3 Å². The van der Waals surface area contributed by atoms with Crippen LogP contribution in [0.15, 0.2) is 4.90 Å². The number of carbonyl (C=O) groups is 1. The van der Waals surface area contributed by atoms with Gasteiger partial charge in [-0.25, -0.2) is 8.42 Å². The number of piperazine rings is 1. The van der Waals surface area contributed by atoms with E-state index in [4.69, 9.17) is 0 Å². The molecule has 6 nitrogen and oxygen atoms in total. The lowest BCUT2D eigenvalue weighted by molar-refractivity contribution is -0.123. The second kappa shape index (κ2) is 8.13. The molecule has 0 aliphatic carbocycles. The smallest absolute Gasteiger partial charge is 0.243 e. The standard InChI is InChI=1S/C21H35N3O3S/c1-14-15(2)17(4)20(18(5)16(14)3)28(26,27)24-11-9-23(10-12-24)13-19(25)22-21(6,7)8/h9-13H2,1-8H3,(H,22,25). The lowest BCUT2D eigenvalue weighted by atomic mass is 9.95. The molecule has 0 saturated carbocycles. The number of hydrogen-bond donors (Lipinski definition) is 1. The van der Waals surface area contributed by atoms with Crippen LogP contribution in [0.4, 0.5) is 0 Å². The molecular weight excluding hydrogens is 374 g/mol. The van der Waals surface area contributed by atoms with E-state index in [0.29, 0.717) is 37.6 Å². The topological polar surface area (TPSA) is 69.7 Å². The fourth-order valence-corrected chi connectivity index (χ4v) is 5.75. The fraction of sp³-hybridized carbons (Fsp3) is 0.667. The summed E-state index contributed by atoms with van der Waals surface area (Å²) in [6, 6.07) is 0. The Morgan fingerprint density at radius 2 is 1.29 bits per heavy atom. The van der Waals surface area contributed by atoms with Gasteiger partial charge in [-0.05, 0) is 83.2 Å². The Hall–Kier alpha value is -1.44. The summed E-state index contributed by atoms with van der Waals surface area (Å²) in [6.07, 6.45) is 0. The van der Waals surface area contributed by atoms with E-state index >= 15 is 0 Å². The highest BCUT2D eigenvalue weighted by molar-refractivity contribution is 7.89. The molecule has 1 aromatic rings. The van der Waals surface area contributed by atoms with E-state index < -0.39 is 10.0 Å². The van der Waals surface area contributed by atoms with Crippen LogP contribution >= 0.6 is 0 Å². The summed E-state index contributed by atoms with van der Waals surface area (Å²) in [6.45, 7) is 17.9. The molecule has 0 radical (unpaired) electrons. The van der Waals surface area contributed by atoms with Crippen LogP contribution in [0.1, 0.15) is 48.6 Å². The van der Waals surface area contributed by atoms with Gasteiger partial charge >= 0.3 is 0 Å². The number of nitrogens with one attached hydrogen (secondary N) is 1. The normalized spacial score (nSPS) is 17.0. The third-order valence-corrected chi connectivity index (χ3v) is 7.92. The average Bonchev–Trinajstić information content (AvgIpc) is 2.57. The minimum Gasteiger partial charge on any atom is -0.350 e. The van der Waals surface area contributed by atoms with Gasteiger partial charge in [-0.15, -0.1) is 0 Å². The number of rotatable bonds is 4. The van der Waals surface area contributed by atoms with Gasteiger partial charge in [0.1, 0.15) is 0 Å². The Kier molecular flexibility index (Phi) is 6.63. The Balaban J connectivity index is 2.16. The van der Waals surface area contributed by atoms with Crippen LogP contribution in [0.2, 0.25) is 0 Å². The minimum atomic E-state index is -3.56. The van der Waals surface area contributed by atoms with E-state index in [0.717, 1.165) is 27.8 Å². The zero-order valence-corrected chi connectivity index (χ0v) is 19.4. The van der Waals surface area contributed by atoms with E-state index in [2.05, 4.69) is 5.32 Å². The molecule has 1 amide bonds. The summed E-state index contributed by atoms with van der Waals surface area (Å²) in [5.41, 5.74) is 4.65. The Morgan fingerprint density at radius 1 is 0.857 bits per heavy atom. The largest absolute Gasteiger partial charge is 0.350 e. The van der Waals surface area contributed by atoms with Gasteiger partial charge in [-0.2, -0.15) is 4.31 Å². The van der Waals surface area contributed by atoms with Gasteiger partial charge in [0, 0.05) is 31.7 Å². The summed E-state index contributed by atoms with van der Waals surface area (Å²) < 4.78 is 28.3. The van der Waals surface area contributed by atoms with Crippen molar-refractivity contribution in [2.24, 2.45) is 0 Å².